The van der Waals surface area contributed by atoms with Gasteiger partial charge in [0, 0.05) is 75.5 Å². The molecule has 0 spiro atoms. The van der Waals surface area contributed by atoms with Crippen LogP contribution in [0.5, 0.6) is 6.01 Å². The van der Waals surface area contributed by atoms with Gasteiger partial charge in [0.15, 0.2) is 0 Å². The minimum Gasteiger partial charge on any atom is -0.460 e. The van der Waals surface area contributed by atoms with Gasteiger partial charge in [-0.05, 0) is 37.8 Å². The lowest BCUT2D eigenvalue weighted by Gasteiger charge is -2.36. The molecule has 0 atom stereocenters. The minimum absolute atomic E-state index is 0.259. The number of likely N-dealkylation sites (tertiary alicyclic amines) is 1. The van der Waals surface area contributed by atoms with Crippen LogP contribution in [0.3, 0.4) is 0 Å². The monoisotopic (exact) mass is 421 g/mol. The molecule has 31 heavy (non-hydrogen) atoms. The molecule has 1 aliphatic carbocycles. The second-order valence-electron chi connectivity index (χ2n) is 9.26. The van der Waals surface area contributed by atoms with Gasteiger partial charge in [-0.2, -0.15) is 0 Å². The first-order valence-corrected chi connectivity index (χ1v) is 12.1. The van der Waals surface area contributed by atoms with Gasteiger partial charge in [0.2, 0.25) is 0 Å². The number of ether oxygens (including phenoxy) is 1. The minimum atomic E-state index is 0.259. The molecule has 3 heterocycles. The van der Waals surface area contributed by atoms with Crippen LogP contribution >= 0.6 is 0 Å². The molecule has 5 rings (SSSR count). The van der Waals surface area contributed by atoms with Crippen molar-refractivity contribution in [3.8, 4) is 6.01 Å². The van der Waals surface area contributed by atoms with Crippen molar-refractivity contribution in [2.45, 2.75) is 57.2 Å². The first-order valence-electron chi connectivity index (χ1n) is 12.1. The highest BCUT2D eigenvalue weighted by Gasteiger charge is 2.28. The molecule has 0 bridgehead atoms. The first kappa shape index (κ1) is 20.7. The lowest BCUT2D eigenvalue weighted by molar-refractivity contribution is 0.0709. The van der Waals surface area contributed by atoms with E-state index in [4.69, 9.17) is 4.74 Å². The summed E-state index contributed by atoms with van der Waals surface area (Å²) in [7, 11) is 0. The van der Waals surface area contributed by atoms with E-state index < -0.39 is 0 Å². The lowest BCUT2D eigenvalue weighted by Crippen LogP contribution is -2.46. The molecule has 2 aliphatic heterocycles. The molecule has 1 aromatic heterocycles. The molecule has 0 unspecified atom stereocenters. The van der Waals surface area contributed by atoms with Crippen LogP contribution < -0.4 is 9.64 Å². The highest BCUT2D eigenvalue weighted by atomic mass is 16.5. The number of benzene rings is 1. The van der Waals surface area contributed by atoms with E-state index in [1.54, 1.807) is 0 Å². The number of rotatable bonds is 6. The molecular formula is C25H35N5O. The van der Waals surface area contributed by atoms with Crippen LogP contribution in [0.1, 0.15) is 44.1 Å². The third-order valence-corrected chi connectivity index (χ3v) is 7.17. The number of aromatic nitrogens is 2. The first-order chi connectivity index (χ1) is 15.3. The summed E-state index contributed by atoms with van der Waals surface area (Å²) in [5.74, 6) is 0. The highest BCUT2D eigenvalue weighted by Crippen LogP contribution is 2.27. The van der Waals surface area contributed by atoms with Crippen LogP contribution in [0.25, 0.3) is 0 Å². The molecule has 2 saturated heterocycles. The van der Waals surface area contributed by atoms with Crippen molar-refractivity contribution in [1.29, 1.82) is 0 Å². The maximum absolute atomic E-state index is 6.11. The fourth-order valence-electron chi connectivity index (χ4n) is 5.32. The van der Waals surface area contributed by atoms with Gasteiger partial charge in [-0.3, -0.25) is 4.90 Å². The van der Waals surface area contributed by atoms with E-state index in [0.717, 1.165) is 70.3 Å². The van der Waals surface area contributed by atoms with Gasteiger partial charge in [0.1, 0.15) is 6.10 Å². The SMILES string of the molecule is c1ccc(N2CCN(Cc3cnc(OC4CCN(C5CCCC5)CC4)nc3)CC2)cc1. The Morgan fingerprint density at radius 1 is 0.806 bits per heavy atom. The summed E-state index contributed by atoms with van der Waals surface area (Å²) in [6.45, 7) is 7.46. The number of hydrogen-bond acceptors (Lipinski definition) is 6. The van der Waals surface area contributed by atoms with Crippen LogP contribution in [0, 0.1) is 0 Å². The van der Waals surface area contributed by atoms with Crippen molar-refractivity contribution in [2.24, 2.45) is 0 Å². The highest BCUT2D eigenvalue weighted by molar-refractivity contribution is 5.46. The number of para-hydroxylation sites is 1. The zero-order valence-electron chi connectivity index (χ0n) is 18.5. The van der Waals surface area contributed by atoms with Crippen molar-refractivity contribution >= 4 is 5.69 Å². The topological polar surface area (TPSA) is 44.7 Å². The van der Waals surface area contributed by atoms with Crippen LogP contribution in [0.15, 0.2) is 42.7 Å². The number of hydrogen-bond donors (Lipinski definition) is 0. The van der Waals surface area contributed by atoms with Gasteiger partial charge in [0.05, 0.1) is 0 Å². The molecule has 3 fully saturated rings. The average molecular weight is 422 g/mol. The van der Waals surface area contributed by atoms with Crippen LogP contribution in [0.2, 0.25) is 0 Å². The predicted octanol–water partition coefficient (Wildman–Crippen LogP) is 3.58. The number of anilines is 1. The molecule has 1 saturated carbocycles. The fraction of sp³-hybridized carbons (Fsp3) is 0.600. The van der Waals surface area contributed by atoms with Crippen molar-refractivity contribution < 1.29 is 4.74 Å². The summed E-state index contributed by atoms with van der Waals surface area (Å²) in [6, 6.07) is 12.1. The predicted molar refractivity (Wildman–Crippen MR) is 123 cm³/mol. The second kappa shape index (κ2) is 9.96. The van der Waals surface area contributed by atoms with E-state index >= 15 is 0 Å². The van der Waals surface area contributed by atoms with Gasteiger partial charge >= 0.3 is 6.01 Å². The Hall–Kier alpha value is -2.18. The second-order valence-corrected chi connectivity index (χ2v) is 9.26. The molecule has 0 amide bonds. The molecule has 1 aromatic carbocycles. The van der Waals surface area contributed by atoms with E-state index in [1.807, 2.05) is 12.4 Å². The Labute approximate surface area is 186 Å². The van der Waals surface area contributed by atoms with Gasteiger partial charge in [-0.25, -0.2) is 9.97 Å². The van der Waals surface area contributed by atoms with Gasteiger partial charge in [-0.1, -0.05) is 31.0 Å². The summed E-state index contributed by atoms with van der Waals surface area (Å²) < 4.78 is 6.11. The van der Waals surface area contributed by atoms with Gasteiger partial charge < -0.3 is 14.5 Å². The summed E-state index contributed by atoms with van der Waals surface area (Å²) in [5, 5.41) is 0. The number of piperidine rings is 1. The molecule has 166 valence electrons. The summed E-state index contributed by atoms with van der Waals surface area (Å²) in [6.07, 6.45) is 11.9. The quantitative estimate of drug-likeness (QED) is 0.710. The molecular weight excluding hydrogens is 386 g/mol. The van der Waals surface area contributed by atoms with Crippen LogP contribution in [0.4, 0.5) is 5.69 Å². The lowest BCUT2D eigenvalue weighted by atomic mass is 10.0. The molecule has 0 N–H and O–H groups in total. The van der Waals surface area contributed by atoms with Gasteiger partial charge in [-0.15, -0.1) is 0 Å². The van der Waals surface area contributed by atoms with Crippen molar-refractivity contribution in [2.75, 3.05) is 44.2 Å². The van der Waals surface area contributed by atoms with Gasteiger partial charge in [0.25, 0.3) is 0 Å². The Balaban J connectivity index is 1.05. The standard InChI is InChI=1S/C25H35N5O/c1-2-6-23(7-3-1)30-16-14-28(15-17-30)20-21-18-26-25(27-19-21)31-24-10-12-29(13-11-24)22-8-4-5-9-22/h1-3,6-7,18-19,22,24H,4-5,8-17,20H2. The normalized spacial score (nSPS) is 22.1. The Morgan fingerprint density at radius 2 is 1.48 bits per heavy atom. The molecule has 0 radical (unpaired) electrons. The molecule has 2 aromatic rings. The van der Waals surface area contributed by atoms with E-state index in [1.165, 1.54) is 31.4 Å². The van der Waals surface area contributed by atoms with E-state index in [-0.39, 0.29) is 6.10 Å². The Bertz CT molecular complexity index is 792. The Morgan fingerprint density at radius 3 is 2.16 bits per heavy atom. The Kier molecular flexibility index (Phi) is 6.65. The maximum Gasteiger partial charge on any atom is 0.316 e. The average Bonchev–Trinajstić information content (AvgIpc) is 3.37. The zero-order chi connectivity index (χ0) is 20.9. The zero-order valence-corrected chi connectivity index (χ0v) is 18.5. The largest absolute Gasteiger partial charge is 0.460 e. The van der Waals surface area contributed by atoms with Crippen LogP contribution in [-0.4, -0.2) is 71.2 Å². The maximum atomic E-state index is 6.11. The fourth-order valence-corrected chi connectivity index (χ4v) is 5.32. The van der Waals surface area contributed by atoms with Crippen molar-refractivity contribution in [3.05, 3.63) is 48.3 Å². The summed E-state index contributed by atoms with van der Waals surface area (Å²) in [4.78, 5) is 16.6. The molecule has 3 aliphatic rings. The molecule has 6 heteroatoms. The van der Waals surface area contributed by atoms with Crippen molar-refractivity contribution in [1.82, 2.24) is 19.8 Å². The smallest absolute Gasteiger partial charge is 0.316 e. The van der Waals surface area contributed by atoms with E-state index in [9.17, 15) is 0 Å². The van der Waals surface area contributed by atoms with Crippen LogP contribution in [-0.2, 0) is 6.54 Å². The third-order valence-electron chi connectivity index (χ3n) is 7.17. The summed E-state index contributed by atoms with van der Waals surface area (Å²) in [5.41, 5.74) is 2.48. The van der Waals surface area contributed by atoms with E-state index in [0.29, 0.717) is 6.01 Å². The number of nitrogens with zero attached hydrogens (tertiary/aromatic N) is 5. The van der Waals surface area contributed by atoms with E-state index in [2.05, 4.69) is 55.0 Å². The third kappa shape index (κ3) is 5.36. The van der Waals surface area contributed by atoms with Crippen molar-refractivity contribution in [3.63, 3.8) is 0 Å². The molecule has 6 nitrogen and oxygen atoms in total. The summed E-state index contributed by atoms with van der Waals surface area (Å²) >= 11 is 0. The number of piperazine rings is 1.